The van der Waals surface area contributed by atoms with Gasteiger partial charge in [-0.05, 0) is 23.8 Å². The Morgan fingerprint density at radius 2 is 2.18 bits per heavy atom. The van der Waals surface area contributed by atoms with E-state index in [4.69, 9.17) is 0 Å². The number of fused-ring (bicyclic) bond motifs is 1. The Bertz CT molecular complexity index is 1110. The minimum atomic E-state index is -0.129. The van der Waals surface area contributed by atoms with E-state index in [-0.39, 0.29) is 11.9 Å². The smallest absolute Gasteiger partial charge is 0.239 e. The molecule has 142 valence electrons. The molecule has 3 N–H and O–H groups in total. The van der Waals surface area contributed by atoms with Crippen LogP contribution >= 0.6 is 0 Å². The highest BCUT2D eigenvalue weighted by molar-refractivity contribution is 5.87. The van der Waals surface area contributed by atoms with Crippen molar-refractivity contribution in [1.29, 1.82) is 0 Å². The highest BCUT2D eigenvalue weighted by atomic mass is 16.2. The van der Waals surface area contributed by atoms with Crippen molar-refractivity contribution in [2.75, 3.05) is 19.6 Å². The van der Waals surface area contributed by atoms with Gasteiger partial charge in [0.25, 0.3) is 0 Å². The van der Waals surface area contributed by atoms with Crippen LogP contribution in [0, 0.1) is 0 Å². The third-order valence-electron chi connectivity index (χ3n) is 5.05. The van der Waals surface area contributed by atoms with E-state index in [0.717, 1.165) is 40.1 Å². The molecular weight excluding hydrogens is 356 g/mol. The number of hydrogen-bond donors (Lipinski definition) is 3. The second-order valence-electron chi connectivity index (χ2n) is 6.97. The van der Waals surface area contributed by atoms with Crippen molar-refractivity contribution in [3.63, 3.8) is 0 Å². The molecule has 0 bridgehead atoms. The number of H-pyrrole nitrogens is 1. The molecule has 1 atom stereocenters. The van der Waals surface area contributed by atoms with Gasteiger partial charge in [0.05, 0.1) is 36.3 Å². The summed E-state index contributed by atoms with van der Waals surface area (Å²) in [6.07, 6.45) is 7.54. The largest absolute Gasteiger partial charge is 0.364 e. The molecule has 4 heterocycles. The number of hydrogen-bond acceptors (Lipinski definition) is 6. The third kappa shape index (κ3) is 2.90. The van der Waals surface area contributed by atoms with E-state index < -0.39 is 0 Å². The number of nitrogens with one attached hydrogen (secondary N) is 3. The fourth-order valence-corrected chi connectivity index (χ4v) is 3.62. The lowest BCUT2D eigenvalue weighted by atomic mass is 10.0. The average molecular weight is 376 g/mol. The maximum absolute atomic E-state index is 11.7. The van der Waals surface area contributed by atoms with E-state index in [0.29, 0.717) is 13.1 Å². The number of amides is 1. The van der Waals surface area contributed by atoms with Gasteiger partial charge in [-0.15, -0.1) is 0 Å². The SMILES string of the molecule is Cn1cc(-c2ccc3[nH]nc(C4C=C(N5CCNC(=O)C5)N=CN4)c3c2)cn1. The first kappa shape index (κ1) is 16.5. The zero-order valence-corrected chi connectivity index (χ0v) is 15.4. The summed E-state index contributed by atoms with van der Waals surface area (Å²) in [6.45, 7) is 1.69. The Labute approximate surface area is 161 Å². The van der Waals surface area contributed by atoms with Gasteiger partial charge in [-0.2, -0.15) is 10.2 Å². The van der Waals surface area contributed by atoms with Gasteiger partial charge >= 0.3 is 0 Å². The lowest BCUT2D eigenvalue weighted by Crippen LogP contribution is -2.47. The number of piperazine rings is 1. The normalized spacial score (nSPS) is 19.5. The maximum atomic E-state index is 11.7. The zero-order chi connectivity index (χ0) is 19.1. The van der Waals surface area contributed by atoms with Crippen LogP contribution in [0.3, 0.4) is 0 Å². The van der Waals surface area contributed by atoms with Crippen LogP contribution in [0.15, 0.2) is 47.5 Å². The molecule has 28 heavy (non-hydrogen) atoms. The molecular formula is C19H20N8O. The van der Waals surface area contributed by atoms with E-state index in [1.54, 1.807) is 11.0 Å². The summed E-state index contributed by atoms with van der Waals surface area (Å²) >= 11 is 0. The van der Waals surface area contributed by atoms with E-state index in [1.807, 2.05) is 36.5 Å². The number of benzene rings is 1. The lowest BCUT2D eigenvalue weighted by molar-refractivity contribution is -0.123. The van der Waals surface area contributed by atoms with Gasteiger partial charge in [0.2, 0.25) is 5.91 Å². The number of aliphatic imine (C=N–C) groups is 1. The first-order valence-corrected chi connectivity index (χ1v) is 9.16. The molecule has 2 aliphatic rings. The Morgan fingerprint density at radius 1 is 1.25 bits per heavy atom. The number of aromatic nitrogens is 4. The molecule has 1 unspecified atom stereocenters. The van der Waals surface area contributed by atoms with E-state index in [9.17, 15) is 4.79 Å². The number of carbonyl (C=O) groups is 1. The second-order valence-corrected chi connectivity index (χ2v) is 6.97. The van der Waals surface area contributed by atoms with E-state index in [2.05, 4.69) is 43.1 Å². The van der Waals surface area contributed by atoms with Crippen LogP contribution in [0.25, 0.3) is 22.0 Å². The summed E-state index contributed by atoms with van der Waals surface area (Å²) in [4.78, 5) is 18.1. The molecule has 0 saturated carbocycles. The zero-order valence-electron chi connectivity index (χ0n) is 15.4. The van der Waals surface area contributed by atoms with Crippen molar-refractivity contribution in [1.82, 2.24) is 35.5 Å². The van der Waals surface area contributed by atoms with Crippen LogP contribution in [0.5, 0.6) is 0 Å². The van der Waals surface area contributed by atoms with Gasteiger partial charge < -0.3 is 15.5 Å². The molecule has 1 fully saturated rings. The molecule has 0 radical (unpaired) electrons. The standard InChI is InChI=1S/C19H20N8O/c1-26-9-13(8-23-26)12-2-3-15-14(6-12)19(25-24-15)16-7-17(22-11-21-16)27-5-4-20-18(28)10-27/h2-3,6-9,11,16H,4-5,10H2,1H3,(H,20,28)(H,21,22)(H,24,25). The predicted octanol–water partition coefficient (Wildman–Crippen LogP) is 0.909. The van der Waals surface area contributed by atoms with Crippen LogP contribution in [0.1, 0.15) is 11.7 Å². The van der Waals surface area contributed by atoms with Crippen molar-refractivity contribution < 1.29 is 4.79 Å². The molecule has 1 amide bonds. The summed E-state index contributed by atoms with van der Waals surface area (Å²) < 4.78 is 1.79. The van der Waals surface area contributed by atoms with Gasteiger partial charge in [-0.3, -0.25) is 14.6 Å². The fraction of sp³-hybridized carbons (Fsp3) is 0.263. The minimum Gasteiger partial charge on any atom is -0.364 e. The summed E-state index contributed by atoms with van der Waals surface area (Å²) in [7, 11) is 1.91. The van der Waals surface area contributed by atoms with Crippen molar-refractivity contribution in [3.05, 3.63) is 48.2 Å². The monoisotopic (exact) mass is 376 g/mol. The molecule has 2 aromatic heterocycles. The Kier molecular flexibility index (Phi) is 3.85. The fourth-order valence-electron chi connectivity index (χ4n) is 3.62. The number of nitrogens with zero attached hydrogens (tertiary/aromatic N) is 5. The molecule has 2 aliphatic heterocycles. The molecule has 1 saturated heterocycles. The Morgan fingerprint density at radius 3 is 3.00 bits per heavy atom. The Balaban J connectivity index is 1.50. The van der Waals surface area contributed by atoms with Crippen LogP contribution in [-0.2, 0) is 11.8 Å². The first-order valence-electron chi connectivity index (χ1n) is 9.16. The van der Waals surface area contributed by atoms with Gasteiger partial charge in [0, 0.05) is 37.3 Å². The number of rotatable bonds is 3. The van der Waals surface area contributed by atoms with Crippen LogP contribution in [-0.4, -0.2) is 56.8 Å². The van der Waals surface area contributed by atoms with E-state index >= 15 is 0 Å². The highest BCUT2D eigenvalue weighted by Crippen LogP contribution is 2.29. The van der Waals surface area contributed by atoms with Gasteiger partial charge in [-0.25, -0.2) is 4.99 Å². The Hall–Kier alpha value is -3.62. The highest BCUT2D eigenvalue weighted by Gasteiger charge is 2.23. The quantitative estimate of drug-likeness (QED) is 0.630. The van der Waals surface area contributed by atoms with Crippen molar-refractivity contribution in [2.45, 2.75) is 6.04 Å². The molecule has 9 nitrogen and oxygen atoms in total. The van der Waals surface area contributed by atoms with E-state index in [1.165, 1.54) is 0 Å². The van der Waals surface area contributed by atoms with Gasteiger partial charge in [-0.1, -0.05) is 6.07 Å². The predicted molar refractivity (Wildman–Crippen MR) is 105 cm³/mol. The number of carbonyl (C=O) groups excluding carboxylic acids is 1. The van der Waals surface area contributed by atoms with Crippen LogP contribution < -0.4 is 10.6 Å². The third-order valence-corrected chi connectivity index (χ3v) is 5.05. The van der Waals surface area contributed by atoms with Crippen LogP contribution in [0.4, 0.5) is 0 Å². The topological polar surface area (TPSA) is 103 Å². The average Bonchev–Trinajstić information content (AvgIpc) is 3.34. The molecule has 9 heteroatoms. The molecule has 1 aromatic carbocycles. The van der Waals surface area contributed by atoms with Crippen molar-refractivity contribution in [2.24, 2.45) is 12.0 Å². The summed E-state index contributed by atoms with van der Waals surface area (Å²) in [5.74, 6) is 0.807. The van der Waals surface area contributed by atoms with Gasteiger partial charge in [0.15, 0.2) is 0 Å². The van der Waals surface area contributed by atoms with Crippen molar-refractivity contribution in [3.8, 4) is 11.1 Å². The maximum Gasteiger partial charge on any atom is 0.239 e. The number of aryl methyl sites for hydroxylation is 1. The summed E-state index contributed by atoms with van der Waals surface area (Å²) in [6, 6.07) is 6.09. The first-order chi connectivity index (χ1) is 13.7. The lowest BCUT2D eigenvalue weighted by Gasteiger charge is -2.30. The van der Waals surface area contributed by atoms with Crippen molar-refractivity contribution >= 4 is 23.1 Å². The summed E-state index contributed by atoms with van der Waals surface area (Å²) in [5, 5.41) is 19.1. The second kappa shape index (κ2) is 6.52. The molecule has 0 aliphatic carbocycles. The van der Waals surface area contributed by atoms with Crippen LogP contribution in [0.2, 0.25) is 0 Å². The molecule has 0 spiro atoms. The van der Waals surface area contributed by atoms with Gasteiger partial charge in [0.1, 0.15) is 5.82 Å². The number of aromatic amines is 1. The molecule has 5 rings (SSSR count). The molecule has 3 aromatic rings. The summed E-state index contributed by atoms with van der Waals surface area (Å²) in [5.41, 5.74) is 4.01. The minimum absolute atomic E-state index is 0.0174.